The standard InChI is InChI=1S/C18H27N5O2S/c1-5-25-18(24)15-13(3)14-16(20-11-21-17(14)26-15)19-10-12(2)23-8-6-22(4)7-9-23/h11-12H,5-10H2,1-4H3,(H,19,20,21). The van der Waals surface area contributed by atoms with Crippen molar-refractivity contribution in [3.05, 3.63) is 16.8 Å². The molecule has 8 heteroatoms. The van der Waals surface area contributed by atoms with Crippen LogP contribution in [-0.4, -0.2) is 78.2 Å². The molecule has 0 spiro atoms. The number of aryl methyl sites for hydroxylation is 1. The van der Waals surface area contributed by atoms with Crippen molar-refractivity contribution in [2.75, 3.05) is 51.7 Å². The van der Waals surface area contributed by atoms with E-state index < -0.39 is 0 Å². The number of piperazine rings is 1. The van der Waals surface area contributed by atoms with Crippen LogP contribution in [0.25, 0.3) is 10.2 Å². The summed E-state index contributed by atoms with van der Waals surface area (Å²) >= 11 is 1.37. The molecule has 1 saturated heterocycles. The zero-order chi connectivity index (χ0) is 18.7. The van der Waals surface area contributed by atoms with Gasteiger partial charge in [0.15, 0.2) is 0 Å². The number of aromatic nitrogens is 2. The van der Waals surface area contributed by atoms with Crippen LogP contribution >= 0.6 is 11.3 Å². The Morgan fingerprint density at radius 3 is 2.77 bits per heavy atom. The molecule has 1 atom stereocenters. The van der Waals surface area contributed by atoms with Gasteiger partial charge in [-0.05, 0) is 33.4 Å². The second-order valence-electron chi connectivity index (χ2n) is 6.75. The molecule has 1 N–H and O–H groups in total. The summed E-state index contributed by atoms with van der Waals surface area (Å²) in [7, 11) is 2.17. The first-order valence-electron chi connectivity index (χ1n) is 9.09. The number of carbonyl (C=O) groups excluding carboxylic acids is 1. The van der Waals surface area contributed by atoms with Crippen molar-refractivity contribution < 1.29 is 9.53 Å². The van der Waals surface area contributed by atoms with Gasteiger partial charge in [0.25, 0.3) is 0 Å². The van der Waals surface area contributed by atoms with Gasteiger partial charge >= 0.3 is 5.97 Å². The van der Waals surface area contributed by atoms with Crippen molar-refractivity contribution >= 4 is 33.3 Å². The Morgan fingerprint density at radius 2 is 2.08 bits per heavy atom. The lowest BCUT2D eigenvalue weighted by Gasteiger charge is -2.36. The normalized spacial score (nSPS) is 17.4. The van der Waals surface area contributed by atoms with E-state index >= 15 is 0 Å². The zero-order valence-corrected chi connectivity index (χ0v) is 16.7. The predicted octanol–water partition coefficient (Wildman–Crippen LogP) is 2.22. The van der Waals surface area contributed by atoms with Gasteiger partial charge in [-0.3, -0.25) is 4.90 Å². The number of ether oxygens (including phenoxy) is 1. The summed E-state index contributed by atoms with van der Waals surface area (Å²) in [5.74, 6) is 0.505. The highest BCUT2D eigenvalue weighted by molar-refractivity contribution is 7.20. The molecule has 0 saturated carbocycles. The first kappa shape index (κ1) is 19.0. The molecule has 0 radical (unpaired) electrons. The number of esters is 1. The lowest BCUT2D eigenvalue weighted by Crippen LogP contribution is -2.49. The van der Waals surface area contributed by atoms with Crippen LogP contribution in [0.1, 0.15) is 29.1 Å². The van der Waals surface area contributed by atoms with Crippen LogP contribution in [0.5, 0.6) is 0 Å². The number of hydrogen-bond acceptors (Lipinski definition) is 8. The van der Waals surface area contributed by atoms with Crippen LogP contribution < -0.4 is 5.32 Å². The molecule has 1 aliphatic heterocycles. The summed E-state index contributed by atoms with van der Waals surface area (Å²) in [5.41, 5.74) is 0.888. The van der Waals surface area contributed by atoms with Gasteiger partial charge in [0, 0.05) is 38.8 Å². The number of hydrogen-bond donors (Lipinski definition) is 1. The van der Waals surface area contributed by atoms with E-state index in [-0.39, 0.29) is 5.97 Å². The van der Waals surface area contributed by atoms with Crippen LogP contribution in [0.4, 0.5) is 5.82 Å². The highest BCUT2D eigenvalue weighted by Crippen LogP contribution is 2.33. The van der Waals surface area contributed by atoms with E-state index in [0.29, 0.717) is 17.5 Å². The third-order valence-corrected chi connectivity index (χ3v) is 6.09. The quantitative estimate of drug-likeness (QED) is 0.774. The summed E-state index contributed by atoms with van der Waals surface area (Å²) in [4.78, 5) is 27.2. The van der Waals surface area contributed by atoms with E-state index in [0.717, 1.165) is 54.3 Å². The number of anilines is 1. The number of thiophene rings is 1. The molecule has 1 fully saturated rings. The smallest absolute Gasteiger partial charge is 0.348 e. The van der Waals surface area contributed by atoms with E-state index in [1.165, 1.54) is 11.3 Å². The Morgan fingerprint density at radius 1 is 1.35 bits per heavy atom. The van der Waals surface area contributed by atoms with Crippen molar-refractivity contribution in [1.82, 2.24) is 19.8 Å². The van der Waals surface area contributed by atoms with Crippen LogP contribution in [0, 0.1) is 6.92 Å². The molecule has 7 nitrogen and oxygen atoms in total. The van der Waals surface area contributed by atoms with Gasteiger partial charge < -0.3 is 15.0 Å². The fraction of sp³-hybridized carbons (Fsp3) is 0.611. The summed E-state index contributed by atoms with van der Waals surface area (Å²) in [6, 6.07) is 0.414. The molecular weight excluding hydrogens is 350 g/mol. The van der Waals surface area contributed by atoms with Crippen LogP contribution in [0.15, 0.2) is 6.33 Å². The Kier molecular flexibility index (Phi) is 6.05. The maximum atomic E-state index is 12.2. The fourth-order valence-corrected chi connectivity index (χ4v) is 4.28. The molecule has 1 aliphatic rings. The molecule has 0 bridgehead atoms. The topological polar surface area (TPSA) is 70.6 Å². The summed E-state index contributed by atoms with van der Waals surface area (Å²) in [6.45, 7) is 11.5. The Hall–Kier alpha value is -1.77. The number of rotatable bonds is 6. The lowest BCUT2D eigenvalue weighted by molar-refractivity contribution is 0.0531. The first-order valence-corrected chi connectivity index (χ1v) is 9.90. The molecule has 0 aliphatic carbocycles. The van der Waals surface area contributed by atoms with Crippen molar-refractivity contribution in [3.63, 3.8) is 0 Å². The SMILES string of the molecule is CCOC(=O)c1sc2ncnc(NCC(C)N3CCN(C)CC3)c2c1C. The fourth-order valence-electron chi connectivity index (χ4n) is 3.23. The Bertz CT molecular complexity index is 770. The second kappa shape index (κ2) is 8.28. The molecule has 3 rings (SSSR count). The van der Waals surface area contributed by atoms with Crippen LogP contribution in [-0.2, 0) is 4.74 Å². The zero-order valence-electron chi connectivity index (χ0n) is 15.9. The summed E-state index contributed by atoms with van der Waals surface area (Å²) in [6.07, 6.45) is 1.55. The predicted molar refractivity (Wildman–Crippen MR) is 105 cm³/mol. The monoisotopic (exact) mass is 377 g/mol. The van der Waals surface area contributed by atoms with Gasteiger partial charge in [0.1, 0.15) is 21.9 Å². The van der Waals surface area contributed by atoms with Crippen LogP contribution in [0.3, 0.4) is 0 Å². The Balaban J connectivity index is 1.74. The maximum absolute atomic E-state index is 12.2. The van der Waals surface area contributed by atoms with Gasteiger partial charge in [-0.25, -0.2) is 14.8 Å². The van der Waals surface area contributed by atoms with E-state index in [1.807, 2.05) is 13.8 Å². The number of fused-ring (bicyclic) bond motifs is 1. The highest BCUT2D eigenvalue weighted by atomic mass is 32.1. The molecule has 0 aromatic carbocycles. The van der Waals surface area contributed by atoms with E-state index in [1.54, 1.807) is 6.33 Å². The molecule has 3 heterocycles. The van der Waals surface area contributed by atoms with E-state index in [9.17, 15) is 4.79 Å². The third-order valence-electron chi connectivity index (χ3n) is 4.91. The van der Waals surface area contributed by atoms with Crippen molar-refractivity contribution in [2.45, 2.75) is 26.8 Å². The molecule has 1 unspecified atom stereocenters. The average molecular weight is 378 g/mol. The molecule has 0 amide bonds. The van der Waals surface area contributed by atoms with Gasteiger partial charge in [-0.15, -0.1) is 11.3 Å². The van der Waals surface area contributed by atoms with E-state index in [2.05, 4.69) is 39.1 Å². The highest BCUT2D eigenvalue weighted by Gasteiger charge is 2.22. The minimum absolute atomic E-state index is 0.287. The van der Waals surface area contributed by atoms with Crippen LogP contribution in [0.2, 0.25) is 0 Å². The largest absolute Gasteiger partial charge is 0.462 e. The minimum atomic E-state index is -0.287. The van der Waals surface area contributed by atoms with Gasteiger partial charge in [-0.2, -0.15) is 0 Å². The molecule has 2 aromatic rings. The van der Waals surface area contributed by atoms with E-state index in [4.69, 9.17) is 4.74 Å². The number of carbonyl (C=O) groups is 1. The summed E-state index contributed by atoms with van der Waals surface area (Å²) in [5, 5.41) is 4.39. The minimum Gasteiger partial charge on any atom is -0.462 e. The summed E-state index contributed by atoms with van der Waals surface area (Å²) < 4.78 is 5.16. The maximum Gasteiger partial charge on any atom is 0.348 e. The number of likely N-dealkylation sites (N-methyl/N-ethyl adjacent to an activating group) is 1. The lowest BCUT2D eigenvalue weighted by atomic mass is 10.2. The van der Waals surface area contributed by atoms with Crippen molar-refractivity contribution in [2.24, 2.45) is 0 Å². The molecule has 26 heavy (non-hydrogen) atoms. The Labute approximate surface area is 158 Å². The molecular formula is C18H27N5O2S. The van der Waals surface area contributed by atoms with Gasteiger partial charge in [0.05, 0.1) is 12.0 Å². The third kappa shape index (κ3) is 3.97. The number of nitrogens with one attached hydrogen (secondary N) is 1. The second-order valence-corrected chi connectivity index (χ2v) is 7.75. The average Bonchev–Trinajstić information content (AvgIpc) is 2.98. The number of nitrogens with zero attached hydrogens (tertiary/aromatic N) is 4. The van der Waals surface area contributed by atoms with Gasteiger partial charge in [0.2, 0.25) is 0 Å². The van der Waals surface area contributed by atoms with Crippen molar-refractivity contribution in [3.8, 4) is 0 Å². The molecule has 142 valence electrons. The van der Waals surface area contributed by atoms with Crippen molar-refractivity contribution in [1.29, 1.82) is 0 Å². The van der Waals surface area contributed by atoms with Gasteiger partial charge in [-0.1, -0.05) is 0 Å². The first-order chi connectivity index (χ1) is 12.5. The molecule has 2 aromatic heterocycles.